The Morgan fingerprint density at radius 2 is 0.959 bits per heavy atom. The lowest BCUT2D eigenvalue weighted by Gasteiger charge is -2.18. The zero-order valence-electron chi connectivity index (χ0n) is 26.2. The summed E-state index contributed by atoms with van der Waals surface area (Å²) in [5, 5.41) is 10.2. The summed E-state index contributed by atoms with van der Waals surface area (Å²) in [6.07, 6.45) is 1.84. The topological polar surface area (TPSA) is 39.4 Å². The average molecular weight is 627 g/mol. The third kappa shape index (κ3) is 3.73. The second-order valence-corrected chi connectivity index (χ2v) is 12.8. The van der Waals surface area contributed by atoms with E-state index in [2.05, 4.69) is 133 Å². The Bertz CT molecular complexity index is 3040. The van der Waals surface area contributed by atoms with Gasteiger partial charge in [-0.25, -0.2) is 0 Å². The fraction of sp³-hybridized carbons (Fsp3) is 0. The Morgan fingerprint density at radius 3 is 1.73 bits per heavy atom. The van der Waals surface area contributed by atoms with Gasteiger partial charge in [-0.15, -0.1) is 0 Å². The minimum atomic E-state index is 0.773. The summed E-state index contributed by atoms with van der Waals surface area (Å²) < 4.78 is 19.2. The first-order chi connectivity index (χ1) is 24.3. The second-order valence-electron chi connectivity index (χ2n) is 12.8. The lowest BCUT2D eigenvalue weighted by Crippen LogP contribution is -1.91. The fourth-order valence-electron chi connectivity index (χ4n) is 8.04. The van der Waals surface area contributed by atoms with Crippen LogP contribution < -0.4 is 0 Å². The Hall–Kier alpha value is -6.58. The van der Waals surface area contributed by atoms with Gasteiger partial charge >= 0.3 is 0 Å². The lowest BCUT2D eigenvalue weighted by atomic mass is 9.85. The largest absolute Gasteiger partial charge is 0.460 e. The molecule has 0 N–H and O–H groups in total. The second kappa shape index (κ2) is 9.96. The van der Waals surface area contributed by atoms with E-state index in [-0.39, 0.29) is 0 Å². The van der Waals surface area contributed by atoms with E-state index in [1.807, 2.05) is 24.5 Å². The summed E-state index contributed by atoms with van der Waals surface area (Å²) in [6.45, 7) is 0. The van der Waals surface area contributed by atoms with E-state index in [0.717, 1.165) is 71.5 Å². The van der Waals surface area contributed by atoms with Crippen molar-refractivity contribution in [2.24, 2.45) is 0 Å². The van der Waals surface area contributed by atoms with Crippen molar-refractivity contribution in [1.29, 1.82) is 0 Å². The first kappa shape index (κ1) is 26.5. The number of rotatable bonds is 3. The van der Waals surface area contributed by atoms with Gasteiger partial charge in [-0.2, -0.15) is 0 Å². The van der Waals surface area contributed by atoms with Crippen molar-refractivity contribution < 1.29 is 13.3 Å². The molecule has 0 atom stereocenters. The molecular formula is C46H26O3. The van der Waals surface area contributed by atoms with Crippen molar-refractivity contribution in [2.45, 2.75) is 0 Å². The molecule has 49 heavy (non-hydrogen) atoms. The molecule has 0 aliphatic rings. The molecule has 3 heteroatoms. The Balaban J connectivity index is 1.17. The SMILES string of the molecule is c1ccc(-c2coc3c2ccc2c4ccc(-c5c6ccccc6c(-c6cccc7oc8ccccc8c67)c6ccccc56)cc4oc23)cc1. The molecule has 0 saturated carbocycles. The van der Waals surface area contributed by atoms with Gasteiger partial charge in [-0.3, -0.25) is 0 Å². The number of fused-ring (bicyclic) bond motifs is 10. The van der Waals surface area contributed by atoms with Crippen LogP contribution in [0.2, 0.25) is 0 Å². The van der Waals surface area contributed by atoms with Crippen LogP contribution in [0.4, 0.5) is 0 Å². The van der Waals surface area contributed by atoms with Crippen molar-refractivity contribution in [3.8, 4) is 33.4 Å². The van der Waals surface area contributed by atoms with E-state index < -0.39 is 0 Å². The van der Waals surface area contributed by atoms with Crippen LogP contribution in [0.25, 0.3) is 110 Å². The number of para-hydroxylation sites is 1. The van der Waals surface area contributed by atoms with Crippen LogP contribution in [0.5, 0.6) is 0 Å². The van der Waals surface area contributed by atoms with E-state index >= 15 is 0 Å². The summed E-state index contributed by atoms with van der Waals surface area (Å²) in [5.41, 5.74) is 11.1. The van der Waals surface area contributed by atoms with Gasteiger partial charge in [0.15, 0.2) is 11.2 Å². The molecule has 3 heterocycles. The molecule has 0 saturated heterocycles. The summed E-state index contributed by atoms with van der Waals surface area (Å²) in [4.78, 5) is 0. The maximum Gasteiger partial charge on any atom is 0.178 e. The quantitative estimate of drug-likeness (QED) is 0.183. The highest BCUT2D eigenvalue weighted by molar-refractivity contribution is 6.26. The predicted octanol–water partition coefficient (Wildman–Crippen LogP) is 13.5. The van der Waals surface area contributed by atoms with E-state index in [0.29, 0.717) is 0 Å². The highest BCUT2D eigenvalue weighted by Gasteiger charge is 2.21. The first-order valence-corrected chi connectivity index (χ1v) is 16.6. The maximum atomic E-state index is 6.67. The zero-order valence-corrected chi connectivity index (χ0v) is 26.2. The van der Waals surface area contributed by atoms with E-state index in [4.69, 9.17) is 13.3 Å². The van der Waals surface area contributed by atoms with Crippen LogP contribution in [-0.2, 0) is 0 Å². The van der Waals surface area contributed by atoms with Crippen LogP contribution in [0, 0.1) is 0 Å². The summed E-state index contributed by atoms with van der Waals surface area (Å²) in [7, 11) is 0. The minimum absolute atomic E-state index is 0.773. The highest BCUT2D eigenvalue weighted by Crippen LogP contribution is 2.48. The number of benzene rings is 8. The zero-order chi connectivity index (χ0) is 32.1. The normalized spacial score (nSPS) is 12.1. The lowest BCUT2D eigenvalue weighted by molar-refractivity contribution is 0.600. The summed E-state index contributed by atoms with van der Waals surface area (Å²) in [5.74, 6) is 0. The van der Waals surface area contributed by atoms with Crippen LogP contribution in [0.3, 0.4) is 0 Å². The highest BCUT2D eigenvalue weighted by atomic mass is 16.4. The van der Waals surface area contributed by atoms with Gasteiger partial charge in [0.05, 0.1) is 6.26 Å². The van der Waals surface area contributed by atoms with Crippen molar-refractivity contribution in [3.63, 3.8) is 0 Å². The molecule has 8 aromatic carbocycles. The minimum Gasteiger partial charge on any atom is -0.460 e. The molecule has 0 amide bonds. The molecule has 0 radical (unpaired) electrons. The average Bonchev–Trinajstić information content (AvgIpc) is 3.87. The van der Waals surface area contributed by atoms with Gasteiger partial charge in [-0.05, 0) is 85.8 Å². The van der Waals surface area contributed by atoms with Crippen LogP contribution >= 0.6 is 0 Å². The van der Waals surface area contributed by atoms with E-state index in [1.165, 1.54) is 38.2 Å². The van der Waals surface area contributed by atoms with Gasteiger partial charge in [0, 0.05) is 32.5 Å². The molecule has 3 nitrogen and oxygen atoms in total. The van der Waals surface area contributed by atoms with Gasteiger partial charge in [0.2, 0.25) is 0 Å². The predicted molar refractivity (Wildman–Crippen MR) is 202 cm³/mol. The molecule has 11 rings (SSSR count). The van der Waals surface area contributed by atoms with Crippen molar-refractivity contribution >= 4 is 76.4 Å². The van der Waals surface area contributed by atoms with Gasteiger partial charge in [0.1, 0.15) is 16.7 Å². The third-order valence-electron chi connectivity index (χ3n) is 10.2. The van der Waals surface area contributed by atoms with Crippen LogP contribution in [0.1, 0.15) is 0 Å². The van der Waals surface area contributed by atoms with Gasteiger partial charge in [-0.1, -0.05) is 115 Å². The molecular weight excluding hydrogens is 601 g/mol. The van der Waals surface area contributed by atoms with Crippen molar-refractivity contribution in [3.05, 3.63) is 158 Å². The molecule has 3 aromatic heterocycles. The monoisotopic (exact) mass is 626 g/mol. The molecule has 228 valence electrons. The summed E-state index contributed by atoms with van der Waals surface area (Å²) >= 11 is 0. The third-order valence-corrected chi connectivity index (χ3v) is 10.2. The Morgan fingerprint density at radius 1 is 0.327 bits per heavy atom. The Labute approximate surface area is 280 Å². The molecule has 0 bridgehead atoms. The Kier molecular flexibility index (Phi) is 5.38. The first-order valence-electron chi connectivity index (χ1n) is 16.6. The molecule has 0 unspecified atom stereocenters. The van der Waals surface area contributed by atoms with E-state index in [1.54, 1.807) is 0 Å². The fourth-order valence-corrected chi connectivity index (χ4v) is 8.04. The molecule has 0 fully saturated rings. The standard InChI is InChI=1S/C46H26O3/c1-2-11-27(12-3-1)38-26-47-45-35(38)24-23-34-29-22-21-28(25-41(29)49-46(34)45)42-30-13-4-6-15-32(30)43(33-16-7-5-14-31(33)42)37-18-10-20-40-44(37)36-17-8-9-19-39(36)48-40/h1-26H. The molecule has 0 aliphatic heterocycles. The number of hydrogen-bond donors (Lipinski definition) is 0. The van der Waals surface area contributed by atoms with Crippen LogP contribution in [0.15, 0.2) is 171 Å². The van der Waals surface area contributed by atoms with Gasteiger partial charge < -0.3 is 13.3 Å². The smallest absolute Gasteiger partial charge is 0.178 e. The van der Waals surface area contributed by atoms with Crippen LogP contribution in [-0.4, -0.2) is 0 Å². The molecule has 0 spiro atoms. The molecule has 11 aromatic rings. The van der Waals surface area contributed by atoms with Gasteiger partial charge in [0.25, 0.3) is 0 Å². The summed E-state index contributed by atoms with van der Waals surface area (Å²) in [6, 6.07) is 53.5. The van der Waals surface area contributed by atoms with Crippen molar-refractivity contribution in [1.82, 2.24) is 0 Å². The van der Waals surface area contributed by atoms with Crippen molar-refractivity contribution in [2.75, 3.05) is 0 Å². The number of furan rings is 3. The number of hydrogen-bond acceptors (Lipinski definition) is 3. The molecule has 0 aliphatic carbocycles. The van der Waals surface area contributed by atoms with E-state index in [9.17, 15) is 0 Å². The maximum absolute atomic E-state index is 6.67.